The van der Waals surface area contributed by atoms with Gasteiger partial charge in [0.15, 0.2) is 0 Å². The number of aromatic nitrogens is 2. The lowest BCUT2D eigenvalue weighted by Gasteiger charge is -2.11. The zero-order valence-electron chi connectivity index (χ0n) is 15.9. The van der Waals surface area contributed by atoms with Crippen molar-refractivity contribution < 1.29 is 4.74 Å². The fraction of sp³-hybridized carbons (Fsp3) is 0.318. The van der Waals surface area contributed by atoms with Gasteiger partial charge in [-0.1, -0.05) is 58.4 Å². The first kappa shape index (κ1) is 19.6. The molecule has 0 spiro atoms. The molecule has 0 saturated carbocycles. The van der Waals surface area contributed by atoms with Crippen molar-refractivity contribution >= 4 is 15.9 Å². The zero-order chi connectivity index (χ0) is 19.1. The first-order valence-electron chi connectivity index (χ1n) is 9.23. The van der Waals surface area contributed by atoms with E-state index in [4.69, 9.17) is 9.84 Å². The van der Waals surface area contributed by atoms with Crippen molar-refractivity contribution in [2.75, 3.05) is 27.2 Å². The second-order valence-corrected chi connectivity index (χ2v) is 7.84. The Morgan fingerprint density at radius 2 is 1.78 bits per heavy atom. The summed E-state index contributed by atoms with van der Waals surface area (Å²) in [7, 11) is 4.16. The summed E-state index contributed by atoms with van der Waals surface area (Å²) in [5.74, 6) is 0.833. The van der Waals surface area contributed by atoms with E-state index in [1.54, 1.807) is 0 Å². The first-order chi connectivity index (χ1) is 13.1. The van der Waals surface area contributed by atoms with Crippen LogP contribution in [0.1, 0.15) is 23.2 Å². The van der Waals surface area contributed by atoms with E-state index in [1.165, 1.54) is 11.1 Å². The molecule has 0 aliphatic carbocycles. The van der Waals surface area contributed by atoms with Gasteiger partial charge in [-0.2, -0.15) is 5.10 Å². The van der Waals surface area contributed by atoms with Gasteiger partial charge in [0, 0.05) is 23.5 Å². The molecule has 2 aromatic carbocycles. The van der Waals surface area contributed by atoms with Gasteiger partial charge >= 0.3 is 0 Å². The average molecular weight is 428 g/mol. The van der Waals surface area contributed by atoms with Crippen LogP contribution >= 0.6 is 15.9 Å². The predicted octanol–water partition coefficient (Wildman–Crippen LogP) is 4.62. The van der Waals surface area contributed by atoms with E-state index in [0.29, 0.717) is 13.2 Å². The van der Waals surface area contributed by atoms with Crippen molar-refractivity contribution in [2.45, 2.75) is 19.4 Å². The number of hydrogen-bond donors (Lipinski definition) is 0. The third kappa shape index (κ3) is 6.22. The van der Waals surface area contributed by atoms with Crippen LogP contribution in [0.25, 0.3) is 0 Å². The molecule has 142 valence electrons. The number of benzene rings is 2. The molecule has 0 aliphatic heterocycles. The Morgan fingerprint density at radius 1 is 1.00 bits per heavy atom. The van der Waals surface area contributed by atoms with Crippen LogP contribution in [-0.4, -0.2) is 41.9 Å². The molecule has 0 saturated heterocycles. The van der Waals surface area contributed by atoms with Crippen molar-refractivity contribution in [1.29, 1.82) is 0 Å². The fourth-order valence-electron chi connectivity index (χ4n) is 2.94. The topological polar surface area (TPSA) is 30.3 Å². The van der Waals surface area contributed by atoms with Crippen LogP contribution in [0.2, 0.25) is 0 Å². The maximum Gasteiger partial charge on any atom is 0.212 e. The molecule has 0 amide bonds. The molecule has 0 bridgehead atoms. The molecule has 27 heavy (non-hydrogen) atoms. The van der Waals surface area contributed by atoms with Gasteiger partial charge in [0.2, 0.25) is 5.88 Å². The molecule has 0 fully saturated rings. The summed E-state index contributed by atoms with van der Waals surface area (Å²) in [6, 6.07) is 20.8. The van der Waals surface area contributed by atoms with Crippen LogP contribution < -0.4 is 4.74 Å². The molecule has 1 aromatic heterocycles. The Kier molecular flexibility index (Phi) is 7.07. The van der Waals surface area contributed by atoms with Gasteiger partial charge in [-0.15, -0.1) is 0 Å². The molecule has 0 atom stereocenters. The van der Waals surface area contributed by atoms with Gasteiger partial charge in [-0.3, -0.25) is 0 Å². The third-order valence-electron chi connectivity index (χ3n) is 4.24. The van der Waals surface area contributed by atoms with E-state index in [1.807, 2.05) is 22.9 Å². The summed E-state index contributed by atoms with van der Waals surface area (Å²) in [5.41, 5.74) is 3.47. The van der Waals surface area contributed by atoms with Crippen LogP contribution in [0.4, 0.5) is 0 Å². The molecule has 0 unspecified atom stereocenters. The SMILES string of the molecule is CN(C)CCCOc1cc(Cc2ccccc2)nn1Cc1cccc(Br)c1. The largest absolute Gasteiger partial charge is 0.478 e. The Morgan fingerprint density at radius 3 is 2.52 bits per heavy atom. The van der Waals surface area contributed by atoms with Crippen molar-refractivity contribution in [3.05, 3.63) is 82.0 Å². The Labute approximate surface area is 169 Å². The number of rotatable bonds is 9. The van der Waals surface area contributed by atoms with Gasteiger partial charge in [0.25, 0.3) is 0 Å². The van der Waals surface area contributed by atoms with Crippen LogP contribution in [0, 0.1) is 0 Å². The minimum absolute atomic E-state index is 0.688. The molecule has 0 aliphatic rings. The van der Waals surface area contributed by atoms with E-state index in [2.05, 4.69) is 77.4 Å². The molecular weight excluding hydrogens is 402 g/mol. The van der Waals surface area contributed by atoms with Crippen molar-refractivity contribution in [3.63, 3.8) is 0 Å². The maximum absolute atomic E-state index is 6.07. The highest BCUT2D eigenvalue weighted by atomic mass is 79.9. The summed E-state index contributed by atoms with van der Waals surface area (Å²) in [6.45, 7) is 2.39. The monoisotopic (exact) mass is 427 g/mol. The van der Waals surface area contributed by atoms with E-state index >= 15 is 0 Å². The van der Waals surface area contributed by atoms with Gasteiger partial charge in [0.1, 0.15) is 0 Å². The number of halogens is 1. The van der Waals surface area contributed by atoms with Crippen molar-refractivity contribution in [2.24, 2.45) is 0 Å². The molecule has 3 aromatic rings. The standard InChI is InChI=1S/C22H26BrN3O/c1-25(2)12-7-13-27-22-16-21(15-18-8-4-3-5-9-18)24-26(22)17-19-10-6-11-20(23)14-19/h3-6,8-11,14,16H,7,12-13,15,17H2,1-2H3. The zero-order valence-corrected chi connectivity index (χ0v) is 17.5. The van der Waals surface area contributed by atoms with Crippen molar-refractivity contribution in [1.82, 2.24) is 14.7 Å². The van der Waals surface area contributed by atoms with E-state index in [9.17, 15) is 0 Å². The lowest BCUT2D eigenvalue weighted by atomic mass is 10.1. The second-order valence-electron chi connectivity index (χ2n) is 6.93. The highest BCUT2D eigenvalue weighted by Crippen LogP contribution is 2.20. The number of hydrogen-bond acceptors (Lipinski definition) is 3. The average Bonchev–Trinajstić information content (AvgIpc) is 3.00. The minimum atomic E-state index is 0.688. The summed E-state index contributed by atoms with van der Waals surface area (Å²) in [6.07, 6.45) is 1.80. The highest BCUT2D eigenvalue weighted by Gasteiger charge is 2.11. The van der Waals surface area contributed by atoms with E-state index in [-0.39, 0.29) is 0 Å². The molecule has 4 nitrogen and oxygen atoms in total. The second kappa shape index (κ2) is 9.72. The smallest absolute Gasteiger partial charge is 0.212 e. The lowest BCUT2D eigenvalue weighted by Crippen LogP contribution is -2.16. The maximum atomic E-state index is 6.07. The molecular formula is C22H26BrN3O. The Bertz CT molecular complexity index is 846. The minimum Gasteiger partial charge on any atom is -0.478 e. The van der Waals surface area contributed by atoms with Crippen molar-refractivity contribution in [3.8, 4) is 5.88 Å². The normalized spacial score (nSPS) is 11.1. The van der Waals surface area contributed by atoms with Gasteiger partial charge in [0.05, 0.1) is 18.8 Å². The first-order valence-corrected chi connectivity index (χ1v) is 10.0. The highest BCUT2D eigenvalue weighted by molar-refractivity contribution is 9.10. The number of nitrogens with zero attached hydrogens (tertiary/aromatic N) is 3. The van der Waals surface area contributed by atoms with Crippen LogP contribution in [0.5, 0.6) is 5.88 Å². The van der Waals surface area contributed by atoms with E-state index in [0.717, 1.165) is 35.4 Å². The van der Waals surface area contributed by atoms with Crippen LogP contribution in [-0.2, 0) is 13.0 Å². The quantitative estimate of drug-likeness (QED) is 0.466. The predicted molar refractivity (Wildman–Crippen MR) is 113 cm³/mol. The fourth-order valence-corrected chi connectivity index (χ4v) is 3.38. The summed E-state index contributed by atoms with van der Waals surface area (Å²) in [5, 5.41) is 4.81. The Balaban J connectivity index is 1.75. The van der Waals surface area contributed by atoms with Gasteiger partial charge in [-0.25, -0.2) is 4.68 Å². The summed E-state index contributed by atoms with van der Waals surface area (Å²) in [4.78, 5) is 2.17. The van der Waals surface area contributed by atoms with Gasteiger partial charge in [-0.05, 0) is 43.8 Å². The molecule has 3 rings (SSSR count). The molecule has 0 radical (unpaired) electrons. The van der Waals surface area contributed by atoms with Crippen LogP contribution in [0.15, 0.2) is 65.1 Å². The summed E-state index contributed by atoms with van der Waals surface area (Å²) >= 11 is 3.54. The molecule has 0 N–H and O–H groups in total. The molecule has 5 heteroatoms. The lowest BCUT2D eigenvalue weighted by molar-refractivity contribution is 0.260. The van der Waals surface area contributed by atoms with E-state index < -0.39 is 0 Å². The third-order valence-corrected chi connectivity index (χ3v) is 4.74. The molecule has 1 heterocycles. The van der Waals surface area contributed by atoms with Crippen LogP contribution in [0.3, 0.4) is 0 Å². The van der Waals surface area contributed by atoms with Gasteiger partial charge < -0.3 is 9.64 Å². The summed E-state index contributed by atoms with van der Waals surface area (Å²) < 4.78 is 9.11. The Hall–Kier alpha value is -2.11. The number of ether oxygens (including phenoxy) is 1.